The molecule has 0 radical (unpaired) electrons. The molecule has 2 aromatic carbocycles. The lowest BCUT2D eigenvalue weighted by Crippen LogP contribution is -2.38. The molecule has 7 nitrogen and oxygen atoms in total. The highest BCUT2D eigenvalue weighted by atomic mass is 35.5. The molecule has 0 spiro atoms. The van der Waals surface area contributed by atoms with Gasteiger partial charge in [-0.2, -0.15) is 0 Å². The highest BCUT2D eigenvalue weighted by Gasteiger charge is 2.29. The minimum atomic E-state index is -0.460. The van der Waals surface area contributed by atoms with E-state index in [1.807, 2.05) is 0 Å². The molecule has 0 aliphatic carbocycles. The fourth-order valence-electron chi connectivity index (χ4n) is 3.65. The molecule has 0 atom stereocenters. The first kappa shape index (κ1) is 18.4. The molecule has 8 heteroatoms. The third-order valence-corrected chi connectivity index (χ3v) is 5.46. The number of nitro groups is 1. The number of nitro benzene ring substituents is 1. The smallest absolute Gasteiger partial charge is 0.273 e. The predicted octanol–water partition coefficient (Wildman–Crippen LogP) is 4.72. The van der Waals surface area contributed by atoms with Crippen molar-refractivity contribution in [3.8, 4) is 0 Å². The molecule has 1 aromatic heterocycles. The largest absolute Gasteiger partial charge is 0.440 e. The number of oxazole rings is 1. The number of halogens is 1. The molecule has 0 N–H and O–H groups in total. The normalized spacial score (nSPS) is 15.1. The van der Waals surface area contributed by atoms with Gasteiger partial charge >= 0.3 is 0 Å². The van der Waals surface area contributed by atoms with E-state index in [2.05, 4.69) is 4.98 Å². The van der Waals surface area contributed by atoms with Crippen molar-refractivity contribution in [3.63, 3.8) is 0 Å². The minimum Gasteiger partial charge on any atom is -0.440 e. The molecule has 28 heavy (non-hydrogen) atoms. The molecule has 1 amide bonds. The molecular weight excluding hydrogens is 382 g/mol. The fraction of sp³-hybridized carbons (Fsp3) is 0.300. The molecule has 0 saturated carbocycles. The van der Waals surface area contributed by atoms with Gasteiger partial charge < -0.3 is 9.32 Å². The average Bonchev–Trinajstić information content (AvgIpc) is 3.10. The van der Waals surface area contributed by atoms with Crippen LogP contribution in [0.15, 0.2) is 40.8 Å². The van der Waals surface area contributed by atoms with Crippen LogP contribution in [-0.4, -0.2) is 33.8 Å². The van der Waals surface area contributed by atoms with Crippen molar-refractivity contribution in [2.45, 2.75) is 25.7 Å². The Morgan fingerprint density at radius 2 is 2.04 bits per heavy atom. The van der Waals surface area contributed by atoms with Crippen LogP contribution in [0, 0.1) is 17.0 Å². The van der Waals surface area contributed by atoms with E-state index in [9.17, 15) is 14.9 Å². The first-order valence-electron chi connectivity index (χ1n) is 9.03. The van der Waals surface area contributed by atoms with Crippen LogP contribution in [0.5, 0.6) is 0 Å². The maximum Gasteiger partial charge on any atom is 0.273 e. The van der Waals surface area contributed by atoms with Crippen molar-refractivity contribution < 1.29 is 14.1 Å². The number of hydrogen-bond acceptors (Lipinski definition) is 5. The Morgan fingerprint density at radius 3 is 2.75 bits per heavy atom. The van der Waals surface area contributed by atoms with Gasteiger partial charge in [-0.25, -0.2) is 4.98 Å². The Balaban J connectivity index is 1.48. The van der Waals surface area contributed by atoms with Gasteiger partial charge in [0.1, 0.15) is 5.52 Å². The summed E-state index contributed by atoms with van der Waals surface area (Å²) in [6, 6.07) is 9.95. The van der Waals surface area contributed by atoms with Gasteiger partial charge in [0.15, 0.2) is 11.5 Å². The quantitative estimate of drug-likeness (QED) is 0.469. The lowest BCUT2D eigenvalue weighted by Gasteiger charge is -2.31. The molecule has 2 heterocycles. The monoisotopic (exact) mass is 399 g/mol. The number of carbonyl (C=O) groups excluding carboxylic acids is 1. The second-order valence-electron chi connectivity index (χ2n) is 6.94. The van der Waals surface area contributed by atoms with Crippen LogP contribution in [0.3, 0.4) is 0 Å². The van der Waals surface area contributed by atoms with Gasteiger partial charge in [0, 0.05) is 41.2 Å². The molecule has 1 saturated heterocycles. The summed E-state index contributed by atoms with van der Waals surface area (Å²) < 4.78 is 5.86. The van der Waals surface area contributed by atoms with Crippen LogP contribution in [0.1, 0.15) is 40.6 Å². The molecular formula is C20H18ClN3O4. The number of rotatable bonds is 3. The number of piperidine rings is 1. The van der Waals surface area contributed by atoms with Crippen LogP contribution in [-0.2, 0) is 0 Å². The Labute approximate surface area is 166 Å². The third kappa shape index (κ3) is 3.33. The molecule has 1 aliphatic heterocycles. The summed E-state index contributed by atoms with van der Waals surface area (Å²) in [6.45, 7) is 2.71. The summed E-state index contributed by atoms with van der Waals surface area (Å²) in [5.41, 5.74) is 2.17. The molecule has 3 aromatic rings. The highest BCUT2D eigenvalue weighted by Crippen LogP contribution is 2.32. The summed E-state index contributed by atoms with van der Waals surface area (Å²) in [5.74, 6) is 0.612. The van der Waals surface area contributed by atoms with Gasteiger partial charge in [-0.3, -0.25) is 14.9 Å². The molecule has 144 valence electrons. The van der Waals surface area contributed by atoms with E-state index in [1.54, 1.807) is 42.2 Å². The maximum absolute atomic E-state index is 12.9. The third-order valence-electron chi connectivity index (χ3n) is 5.23. The highest BCUT2D eigenvalue weighted by molar-refractivity contribution is 6.31. The zero-order chi connectivity index (χ0) is 19.8. The van der Waals surface area contributed by atoms with Gasteiger partial charge in [-0.1, -0.05) is 17.7 Å². The molecule has 0 unspecified atom stereocenters. The van der Waals surface area contributed by atoms with E-state index in [0.717, 1.165) is 18.4 Å². The van der Waals surface area contributed by atoms with Crippen molar-refractivity contribution in [3.05, 3.63) is 68.6 Å². The number of fused-ring (bicyclic) bond motifs is 1. The molecule has 4 rings (SSSR count). The Bertz CT molecular complexity index is 1070. The molecule has 0 bridgehead atoms. The summed E-state index contributed by atoms with van der Waals surface area (Å²) in [7, 11) is 0. The van der Waals surface area contributed by atoms with Crippen molar-refractivity contribution in [1.82, 2.24) is 9.88 Å². The van der Waals surface area contributed by atoms with Crippen LogP contribution < -0.4 is 0 Å². The van der Waals surface area contributed by atoms with Gasteiger partial charge in [0.2, 0.25) is 0 Å². The second kappa shape index (κ2) is 7.24. The standard InChI is InChI=1S/C20H18ClN3O4/c1-12-15(3-2-4-17(12)24(26)27)20(25)23-9-7-13(8-10-23)19-22-16-11-14(21)5-6-18(16)28-19/h2-6,11,13H,7-10H2,1H3. The van der Waals surface area contributed by atoms with E-state index in [1.165, 1.54) is 6.07 Å². The Morgan fingerprint density at radius 1 is 1.29 bits per heavy atom. The van der Waals surface area contributed by atoms with Gasteiger partial charge in [0.05, 0.1) is 4.92 Å². The number of carbonyl (C=O) groups is 1. The summed E-state index contributed by atoms with van der Waals surface area (Å²) >= 11 is 6.00. The predicted molar refractivity (Wildman–Crippen MR) is 105 cm³/mol. The lowest BCUT2D eigenvalue weighted by atomic mass is 9.95. The van der Waals surface area contributed by atoms with Crippen LogP contribution in [0.25, 0.3) is 11.1 Å². The number of likely N-dealkylation sites (tertiary alicyclic amines) is 1. The van der Waals surface area contributed by atoms with Crippen LogP contribution in [0.4, 0.5) is 5.69 Å². The van der Waals surface area contributed by atoms with E-state index in [4.69, 9.17) is 16.0 Å². The topological polar surface area (TPSA) is 89.5 Å². The zero-order valence-corrected chi connectivity index (χ0v) is 16.0. The summed E-state index contributed by atoms with van der Waals surface area (Å²) in [6.07, 6.45) is 1.44. The van der Waals surface area contributed by atoms with Crippen molar-refractivity contribution in [1.29, 1.82) is 0 Å². The van der Waals surface area contributed by atoms with E-state index >= 15 is 0 Å². The van der Waals surface area contributed by atoms with Crippen LogP contribution in [0.2, 0.25) is 5.02 Å². The number of benzene rings is 2. The van der Waals surface area contributed by atoms with Crippen LogP contribution >= 0.6 is 11.6 Å². The van der Waals surface area contributed by atoms with Crippen molar-refractivity contribution in [2.24, 2.45) is 0 Å². The SMILES string of the molecule is Cc1c(C(=O)N2CCC(c3nc4cc(Cl)ccc4o3)CC2)cccc1[N+](=O)[O-]. The Hall–Kier alpha value is -2.93. The maximum atomic E-state index is 12.9. The molecule has 1 aliphatic rings. The lowest BCUT2D eigenvalue weighted by molar-refractivity contribution is -0.385. The van der Waals surface area contributed by atoms with E-state index < -0.39 is 4.92 Å². The van der Waals surface area contributed by atoms with E-state index in [-0.39, 0.29) is 17.5 Å². The molecule has 1 fully saturated rings. The number of hydrogen-bond donors (Lipinski definition) is 0. The number of aromatic nitrogens is 1. The first-order valence-corrected chi connectivity index (χ1v) is 9.41. The Kier molecular flexibility index (Phi) is 4.77. The summed E-state index contributed by atoms with van der Waals surface area (Å²) in [4.78, 5) is 29.8. The first-order chi connectivity index (χ1) is 13.4. The van der Waals surface area contributed by atoms with E-state index in [0.29, 0.717) is 40.7 Å². The van der Waals surface area contributed by atoms with Crippen molar-refractivity contribution in [2.75, 3.05) is 13.1 Å². The van der Waals surface area contributed by atoms with Gasteiger partial charge in [0.25, 0.3) is 11.6 Å². The van der Waals surface area contributed by atoms with Crippen molar-refractivity contribution >= 4 is 34.3 Å². The summed E-state index contributed by atoms with van der Waals surface area (Å²) in [5, 5.41) is 11.7. The number of nitrogens with zero attached hydrogens (tertiary/aromatic N) is 3. The fourth-order valence-corrected chi connectivity index (χ4v) is 3.81. The number of amides is 1. The average molecular weight is 400 g/mol. The minimum absolute atomic E-state index is 0.0362. The van der Waals surface area contributed by atoms with Gasteiger partial charge in [-0.05, 0) is 44.0 Å². The van der Waals surface area contributed by atoms with Gasteiger partial charge in [-0.15, -0.1) is 0 Å². The second-order valence-corrected chi connectivity index (χ2v) is 7.37. The zero-order valence-electron chi connectivity index (χ0n) is 15.2.